The van der Waals surface area contributed by atoms with Crippen molar-refractivity contribution >= 4 is 9.84 Å². The molecule has 5 heteroatoms. The highest BCUT2D eigenvalue weighted by molar-refractivity contribution is 7.91. The number of rotatable bonds is 5. The number of hydrogen-bond acceptors (Lipinski definition) is 3. The van der Waals surface area contributed by atoms with E-state index >= 15 is 0 Å². The molecule has 1 N–H and O–H groups in total. The molecule has 1 aromatic carbocycles. The summed E-state index contributed by atoms with van der Waals surface area (Å²) in [5.74, 6) is -0.576. The maximum atomic E-state index is 13.0. The van der Waals surface area contributed by atoms with Gasteiger partial charge in [0.1, 0.15) is 5.82 Å². The summed E-state index contributed by atoms with van der Waals surface area (Å²) in [6.07, 6.45) is 4.32. The quantitative estimate of drug-likeness (QED) is 0.906. The van der Waals surface area contributed by atoms with Crippen LogP contribution in [0.2, 0.25) is 0 Å². The molecule has 3 nitrogen and oxygen atoms in total. The standard InChI is InChI=1S/C16H23FO3S/c1-2-15(13-6-8-14(17)9-7-13)21(19,20)12-16(18)10-4-3-5-11-16/h6-9,15,18H,2-5,10-12H2,1H3. The molecule has 1 aromatic rings. The Morgan fingerprint density at radius 3 is 2.29 bits per heavy atom. The molecule has 0 radical (unpaired) electrons. The lowest BCUT2D eigenvalue weighted by Gasteiger charge is -2.33. The van der Waals surface area contributed by atoms with Crippen molar-refractivity contribution in [3.63, 3.8) is 0 Å². The van der Waals surface area contributed by atoms with E-state index in [2.05, 4.69) is 0 Å². The van der Waals surface area contributed by atoms with Gasteiger partial charge in [0.25, 0.3) is 0 Å². The van der Waals surface area contributed by atoms with Gasteiger partial charge in [0.05, 0.1) is 16.6 Å². The molecule has 1 aliphatic rings. The first kappa shape index (κ1) is 16.4. The van der Waals surface area contributed by atoms with Gasteiger partial charge in [0.2, 0.25) is 0 Å². The summed E-state index contributed by atoms with van der Waals surface area (Å²) < 4.78 is 38.3. The van der Waals surface area contributed by atoms with Crippen LogP contribution in [0.3, 0.4) is 0 Å². The first-order chi connectivity index (χ1) is 9.86. The summed E-state index contributed by atoms with van der Waals surface area (Å²) in [4.78, 5) is 0. The molecule has 1 unspecified atom stereocenters. The summed E-state index contributed by atoms with van der Waals surface area (Å²) in [5.41, 5.74) is -0.497. The average Bonchev–Trinajstić information content (AvgIpc) is 2.41. The SMILES string of the molecule is CCC(c1ccc(F)cc1)S(=O)(=O)CC1(O)CCCCC1. The Morgan fingerprint density at radius 1 is 1.19 bits per heavy atom. The Kier molecular flexibility index (Phi) is 5.04. The number of sulfone groups is 1. The highest BCUT2D eigenvalue weighted by Crippen LogP contribution is 2.34. The van der Waals surface area contributed by atoms with Crippen molar-refractivity contribution in [1.82, 2.24) is 0 Å². The molecule has 1 fully saturated rings. The normalized spacial score (nSPS) is 20.1. The van der Waals surface area contributed by atoms with Crippen LogP contribution in [-0.2, 0) is 9.84 Å². The minimum atomic E-state index is -3.47. The Hall–Kier alpha value is -0.940. The van der Waals surface area contributed by atoms with Gasteiger partial charge < -0.3 is 5.11 Å². The third kappa shape index (κ3) is 4.04. The van der Waals surface area contributed by atoms with Crippen LogP contribution in [0.4, 0.5) is 4.39 Å². The van der Waals surface area contributed by atoms with E-state index in [-0.39, 0.29) is 11.6 Å². The van der Waals surface area contributed by atoms with Crippen LogP contribution in [0, 0.1) is 5.82 Å². The van der Waals surface area contributed by atoms with Crippen molar-refractivity contribution in [2.24, 2.45) is 0 Å². The fourth-order valence-corrected chi connectivity index (χ4v) is 5.52. The van der Waals surface area contributed by atoms with Crippen molar-refractivity contribution in [2.45, 2.75) is 56.3 Å². The zero-order valence-corrected chi connectivity index (χ0v) is 13.2. The number of benzene rings is 1. The van der Waals surface area contributed by atoms with Gasteiger partial charge in [-0.3, -0.25) is 0 Å². The molecule has 2 rings (SSSR count). The molecule has 0 aliphatic heterocycles. The lowest BCUT2D eigenvalue weighted by atomic mass is 9.86. The Balaban J connectivity index is 2.21. The molecule has 0 aromatic heterocycles. The van der Waals surface area contributed by atoms with Crippen LogP contribution in [0.15, 0.2) is 24.3 Å². The van der Waals surface area contributed by atoms with Crippen molar-refractivity contribution in [2.75, 3.05) is 5.75 Å². The summed E-state index contributed by atoms with van der Waals surface area (Å²) >= 11 is 0. The van der Waals surface area contributed by atoms with Gasteiger partial charge in [0.15, 0.2) is 9.84 Å². The molecule has 1 saturated carbocycles. The fraction of sp³-hybridized carbons (Fsp3) is 0.625. The molecule has 0 amide bonds. The number of halogens is 1. The van der Waals surface area contributed by atoms with Crippen LogP contribution >= 0.6 is 0 Å². The van der Waals surface area contributed by atoms with Crippen molar-refractivity contribution in [3.8, 4) is 0 Å². The summed E-state index contributed by atoms with van der Waals surface area (Å²) in [6.45, 7) is 1.80. The smallest absolute Gasteiger partial charge is 0.160 e. The Labute approximate surface area is 126 Å². The monoisotopic (exact) mass is 314 g/mol. The Bertz CT molecular complexity index is 560. The summed E-state index contributed by atoms with van der Waals surface area (Å²) in [5, 5.41) is 9.83. The number of hydrogen-bond donors (Lipinski definition) is 1. The van der Waals surface area contributed by atoms with Gasteiger partial charge in [-0.05, 0) is 37.0 Å². The molecule has 1 atom stereocenters. The molecule has 0 saturated heterocycles. The second kappa shape index (κ2) is 6.44. The largest absolute Gasteiger partial charge is 0.389 e. The molecule has 0 heterocycles. The van der Waals surface area contributed by atoms with E-state index in [1.54, 1.807) is 6.92 Å². The van der Waals surface area contributed by atoms with E-state index in [4.69, 9.17) is 0 Å². The third-order valence-corrected chi connectivity index (χ3v) is 6.71. The molecular weight excluding hydrogens is 291 g/mol. The Morgan fingerprint density at radius 2 is 1.76 bits per heavy atom. The van der Waals surface area contributed by atoms with Crippen LogP contribution in [0.5, 0.6) is 0 Å². The first-order valence-corrected chi connectivity index (χ1v) is 9.27. The fourth-order valence-electron chi connectivity index (χ4n) is 3.20. The molecule has 21 heavy (non-hydrogen) atoms. The highest BCUT2D eigenvalue weighted by Gasteiger charge is 2.38. The molecule has 0 spiro atoms. The topological polar surface area (TPSA) is 54.4 Å². The van der Waals surface area contributed by atoms with E-state index in [1.165, 1.54) is 24.3 Å². The van der Waals surface area contributed by atoms with Crippen LogP contribution in [0.1, 0.15) is 56.3 Å². The lowest BCUT2D eigenvalue weighted by molar-refractivity contribution is 0.0255. The maximum Gasteiger partial charge on any atom is 0.160 e. The van der Waals surface area contributed by atoms with Crippen molar-refractivity contribution in [1.29, 1.82) is 0 Å². The van der Waals surface area contributed by atoms with E-state index in [1.807, 2.05) is 0 Å². The zero-order valence-electron chi connectivity index (χ0n) is 12.4. The van der Waals surface area contributed by atoms with Gasteiger partial charge in [-0.2, -0.15) is 0 Å². The predicted octanol–water partition coefficient (Wildman–Crippen LogP) is 3.39. The zero-order chi connectivity index (χ0) is 15.5. The molecule has 118 valence electrons. The number of aliphatic hydroxyl groups is 1. The van der Waals surface area contributed by atoms with Crippen molar-refractivity contribution in [3.05, 3.63) is 35.6 Å². The molecule has 1 aliphatic carbocycles. The van der Waals surface area contributed by atoms with E-state index in [0.29, 0.717) is 24.8 Å². The minimum Gasteiger partial charge on any atom is -0.389 e. The second-order valence-corrected chi connectivity index (χ2v) is 8.22. The lowest BCUT2D eigenvalue weighted by Crippen LogP contribution is -2.40. The van der Waals surface area contributed by atoms with Crippen LogP contribution < -0.4 is 0 Å². The van der Waals surface area contributed by atoms with Gasteiger partial charge in [-0.25, -0.2) is 12.8 Å². The predicted molar refractivity (Wildman–Crippen MR) is 81.3 cm³/mol. The minimum absolute atomic E-state index is 0.199. The van der Waals surface area contributed by atoms with E-state index < -0.39 is 20.7 Å². The van der Waals surface area contributed by atoms with Gasteiger partial charge in [0, 0.05) is 0 Å². The van der Waals surface area contributed by atoms with Gasteiger partial charge in [-0.1, -0.05) is 38.3 Å². The molecular formula is C16H23FO3S. The van der Waals surface area contributed by atoms with Crippen LogP contribution in [0.25, 0.3) is 0 Å². The summed E-state index contributed by atoms with van der Waals surface area (Å²) in [7, 11) is -3.47. The van der Waals surface area contributed by atoms with Gasteiger partial charge >= 0.3 is 0 Å². The second-order valence-electron chi connectivity index (χ2n) is 6.04. The van der Waals surface area contributed by atoms with Crippen LogP contribution in [-0.4, -0.2) is 24.9 Å². The van der Waals surface area contributed by atoms with Gasteiger partial charge in [-0.15, -0.1) is 0 Å². The third-order valence-electron chi connectivity index (χ3n) is 4.30. The summed E-state index contributed by atoms with van der Waals surface area (Å²) in [6, 6.07) is 5.60. The highest BCUT2D eigenvalue weighted by atomic mass is 32.2. The maximum absolute atomic E-state index is 13.0. The first-order valence-electron chi connectivity index (χ1n) is 7.56. The van der Waals surface area contributed by atoms with E-state index in [9.17, 15) is 17.9 Å². The molecule has 0 bridgehead atoms. The average molecular weight is 314 g/mol. The van der Waals surface area contributed by atoms with E-state index in [0.717, 1.165) is 19.3 Å². The van der Waals surface area contributed by atoms with Crippen molar-refractivity contribution < 1.29 is 17.9 Å².